The number of aromatic nitrogens is 2. The maximum absolute atomic E-state index is 14.0. The predicted molar refractivity (Wildman–Crippen MR) is 103 cm³/mol. The molecule has 2 aromatic rings. The van der Waals surface area contributed by atoms with Crippen molar-refractivity contribution in [2.24, 2.45) is 5.10 Å². The highest BCUT2D eigenvalue weighted by atomic mass is 19.1. The van der Waals surface area contributed by atoms with E-state index in [1.807, 2.05) is 42.2 Å². The van der Waals surface area contributed by atoms with Gasteiger partial charge in [-0.1, -0.05) is 24.3 Å². The van der Waals surface area contributed by atoms with Crippen LogP contribution in [-0.2, 0) is 9.47 Å². The average molecular weight is 371 g/mol. The van der Waals surface area contributed by atoms with Gasteiger partial charge in [-0.15, -0.1) is 0 Å². The van der Waals surface area contributed by atoms with E-state index in [1.165, 1.54) is 0 Å². The number of benzene rings is 1. The zero-order chi connectivity index (χ0) is 19.1. The van der Waals surface area contributed by atoms with Crippen LogP contribution in [0.4, 0.5) is 16.2 Å². The van der Waals surface area contributed by atoms with Crippen molar-refractivity contribution in [1.29, 1.82) is 0 Å². The third kappa shape index (κ3) is 4.79. The fraction of sp³-hybridized carbons (Fsp3) is 0.316. The number of halogens is 1. The summed E-state index contributed by atoms with van der Waals surface area (Å²) in [7, 11) is 1.64. The molecule has 8 heteroatoms. The largest absolute Gasteiger partial charge is 0.496 e. The lowest BCUT2D eigenvalue weighted by Crippen LogP contribution is -2.37. The van der Waals surface area contributed by atoms with Crippen molar-refractivity contribution in [1.82, 2.24) is 9.97 Å². The number of hydrogen-bond donors (Lipinski definition) is 1. The summed E-state index contributed by atoms with van der Waals surface area (Å²) >= 11 is 0. The summed E-state index contributed by atoms with van der Waals surface area (Å²) < 4.78 is 24.6. The van der Waals surface area contributed by atoms with Crippen LogP contribution in [-0.4, -0.2) is 49.6 Å². The van der Waals surface area contributed by atoms with Gasteiger partial charge in [-0.2, -0.15) is 10.1 Å². The monoisotopic (exact) mass is 371 g/mol. The van der Waals surface area contributed by atoms with Gasteiger partial charge in [0.15, 0.2) is 11.6 Å². The fourth-order valence-corrected chi connectivity index (χ4v) is 2.71. The third-order valence-corrected chi connectivity index (χ3v) is 4.09. The number of morpholine rings is 1. The predicted octanol–water partition coefficient (Wildman–Crippen LogP) is 2.91. The Morgan fingerprint density at radius 3 is 2.70 bits per heavy atom. The zero-order valence-electron chi connectivity index (χ0n) is 15.4. The third-order valence-electron chi connectivity index (χ3n) is 4.09. The fourth-order valence-electron chi connectivity index (χ4n) is 2.71. The first kappa shape index (κ1) is 18.8. The Labute approximate surface area is 157 Å². The molecule has 0 radical (unpaired) electrons. The summed E-state index contributed by atoms with van der Waals surface area (Å²) in [5.74, 6) is 0.849. The zero-order valence-corrected chi connectivity index (χ0v) is 15.4. The second kappa shape index (κ2) is 9.09. The van der Waals surface area contributed by atoms with E-state index < -0.39 is 5.82 Å². The first-order chi connectivity index (χ1) is 13.2. The van der Waals surface area contributed by atoms with Crippen molar-refractivity contribution < 1.29 is 13.9 Å². The molecule has 1 fully saturated rings. The molecule has 0 aliphatic carbocycles. The van der Waals surface area contributed by atoms with Crippen molar-refractivity contribution in [3.8, 4) is 0 Å². The van der Waals surface area contributed by atoms with Gasteiger partial charge in [0.2, 0.25) is 5.95 Å². The lowest BCUT2D eigenvalue weighted by atomic mass is 10.1. The van der Waals surface area contributed by atoms with Gasteiger partial charge in [0, 0.05) is 18.7 Å². The van der Waals surface area contributed by atoms with E-state index in [9.17, 15) is 4.39 Å². The number of rotatable bonds is 6. The van der Waals surface area contributed by atoms with Crippen LogP contribution in [0.1, 0.15) is 18.1 Å². The van der Waals surface area contributed by atoms with Crippen LogP contribution < -0.4 is 10.3 Å². The Hall–Kier alpha value is -3.00. The molecule has 0 spiro atoms. The maximum atomic E-state index is 14.0. The van der Waals surface area contributed by atoms with E-state index in [2.05, 4.69) is 20.5 Å². The summed E-state index contributed by atoms with van der Waals surface area (Å²) in [6.45, 7) is 4.22. The summed E-state index contributed by atoms with van der Waals surface area (Å²) in [6, 6.07) is 7.75. The molecule has 0 unspecified atom stereocenters. The summed E-state index contributed by atoms with van der Waals surface area (Å²) in [6.07, 6.45) is 4.70. The molecule has 2 heterocycles. The van der Waals surface area contributed by atoms with Gasteiger partial charge in [-0.3, -0.25) is 0 Å². The topological polar surface area (TPSA) is 71.9 Å². The van der Waals surface area contributed by atoms with Gasteiger partial charge in [-0.25, -0.2) is 14.8 Å². The number of nitrogens with one attached hydrogen (secondary N) is 1. The molecule has 1 aromatic carbocycles. The Morgan fingerprint density at radius 1 is 1.30 bits per heavy atom. The lowest BCUT2D eigenvalue weighted by molar-refractivity contribution is 0.122. The van der Waals surface area contributed by atoms with Crippen molar-refractivity contribution in [3.05, 3.63) is 53.5 Å². The number of ether oxygens (including phenoxy) is 2. The number of hydrazone groups is 1. The number of nitrogens with zero attached hydrogens (tertiary/aromatic N) is 4. The molecule has 3 rings (SSSR count). The molecular weight excluding hydrogens is 349 g/mol. The summed E-state index contributed by atoms with van der Waals surface area (Å²) in [5, 5.41) is 4.13. The van der Waals surface area contributed by atoms with Crippen LogP contribution in [0.2, 0.25) is 0 Å². The van der Waals surface area contributed by atoms with Crippen LogP contribution >= 0.6 is 0 Å². The molecule has 7 nitrogen and oxygen atoms in total. The van der Waals surface area contributed by atoms with E-state index in [1.54, 1.807) is 13.3 Å². The van der Waals surface area contributed by atoms with Gasteiger partial charge in [-0.05, 0) is 18.6 Å². The van der Waals surface area contributed by atoms with E-state index >= 15 is 0 Å². The quantitative estimate of drug-likeness (QED) is 0.478. The van der Waals surface area contributed by atoms with E-state index in [0.29, 0.717) is 26.3 Å². The molecule has 27 heavy (non-hydrogen) atoms. The standard InChI is InChI=1S/C19H22FN5O2/c1-3-17(26-2)15-6-4-14(5-7-15)12-22-24-19-21-13-16(20)18(23-19)25-8-10-27-11-9-25/h3-7,12-13H,8-11H2,1-2H3,(H,21,23,24)/b17-3-,22-12-. The van der Waals surface area contributed by atoms with Crippen molar-refractivity contribution in [2.45, 2.75) is 6.92 Å². The van der Waals surface area contributed by atoms with E-state index in [0.717, 1.165) is 23.1 Å². The highest BCUT2D eigenvalue weighted by Gasteiger charge is 2.17. The van der Waals surface area contributed by atoms with Crippen molar-refractivity contribution >= 4 is 23.7 Å². The number of methoxy groups -OCH3 is 1. The lowest BCUT2D eigenvalue weighted by Gasteiger charge is -2.27. The van der Waals surface area contributed by atoms with Crippen molar-refractivity contribution in [2.75, 3.05) is 43.7 Å². The minimum atomic E-state index is -0.458. The highest BCUT2D eigenvalue weighted by Crippen LogP contribution is 2.18. The van der Waals surface area contributed by atoms with Gasteiger partial charge < -0.3 is 14.4 Å². The van der Waals surface area contributed by atoms with Crippen LogP contribution in [0.5, 0.6) is 0 Å². The molecule has 0 atom stereocenters. The maximum Gasteiger partial charge on any atom is 0.245 e. The smallest absolute Gasteiger partial charge is 0.245 e. The Balaban J connectivity index is 1.65. The SMILES string of the molecule is C/C=C(\OC)c1ccc(/C=N\Nc2ncc(F)c(N3CCOCC3)n2)cc1. The molecule has 142 valence electrons. The second-order valence-corrected chi connectivity index (χ2v) is 5.81. The normalized spacial score (nSPS) is 15.2. The molecule has 1 aliphatic rings. The molecule has 0 saturated carbocycles. The molecule has 0 amide bonds. The van der Waals surface area contributed by atoms with Crippen LogP contribution in [0.25, 0.3) is 5.76 Å². The van der Waals surface area contributed by atoms with Crippen LogP contribution in [0.15, 0.2) is 41.6 Å². The first-order valence-electron chi connectivity index (χ1n) is 8.66. The minimum absolute atomic E-state index is 0.237. The van der Waals surface area contributed by atoms with Crippen LogP contribution in [0.3, 0.4) is 0 Å². The highest BCUT2D eigenvalue weighted by molar-refractivity contribution is 5.80. The van der Waals surface area contributed by atoms with Gasteiger partial charge >= 0.3 is 0 Å². The molecule has 0 bridgehead atoms. The summed E-state index contributed by atoms with van der Waals surface area (Å²) in [5.41, 5.74) is 4.63. The molecule has 1 N–H and O–H groups in total. The van der Waals surface area contributed by atoms with Gasteiger partial charge in [0.1, 0.15) is 5.76 Å². The van der Waals surface area contributed by atoms with Crippen molar-refractivity contribution in [3.63, 3.8) is 0 Å². The van der Waals surface area contributed by atoms with E-state index in [4.69, 9.17) is 9.47 Å². The van der Waals surface area contributed by atoms with Gasteiger partial charge in [0.25, 0.3) is 0 Å². The Kier molecular flexibility index (Phi) is 6.32. The van der Waals surface area contributed by atoms with Gasteiger partial charge in [0.05, 0.1) is 32.7 Å². The number of anilines is 2. The molecule has 1 aromatic heterocycles. The molecule has 1 saturated heterocycles. The van der Waals surface area contributed by atoms with Crippen LogP contribution in [0, 0.1) is 5.82 Å². The van der Waals surface area contributed by atoms with E-state index in [-0.39, 0.29) is 11.8 Å². The Morgan fingerprint density at radius 2 is 2.04 bits per heavy atom. The first-order valence-corrected chi connectivity index (χ1v) is 8.66. The minimum Gasteiger partial charge on any atom is -0.496 e. The Bertz CT molecular complexity index is 817. The molecule has 1 aliphatic heterocycles. The molecular formula is C19H22FN5O2. The number of allylic oxidation sites excluding steroid dienone is 1. The second-order valence-electron chi connectivity index (χ2n) is 5.81. The number of hydrogen-bond acceptors (Lipinski definition) is 7. The average Bonchev–Trinajstić information content (AvgIpc) is 2.72. The summed E-state index contributed by atoms with van der Waals surface area (Å²) in [4.78, 5) is 9.99.